The van der Waals surface area contributed by atoms with Crippen molar-refractivity contribution in [3.05, 3.63) is 34.3 Å². The van der Waals surface area contributed by atoms with Gasteiger partial charge in [0.05, 0.1) is 6.10 Å². The van der Waals surface area contributed by atoms with E-state index in [1.165, 1.54) is 31.2 Å². The smallest absolute Gasteiger partial charge is 0.0914 e. The van der Waals surface area contributed by atoms with E-state index in [1.54, 1.807) is 0 Å². The highest BCUT2D eigenvalue weighted by atomic mass is 127. The van der Waals surface area contributed by atoms with Gasteiger partial charge >= 0.3 is 0 Å². The molecule has 0 amide bonds. The van der Waals surface area contributed by atoms with Crippen LogP contribution in [0, 0.1) is 5.92 Å². The Bertz CT molecular complexity index is 352. The van der Waals surface area contributed by atoms with Gasteiger partial charge in [-0.2, -0.15) is 0 Å². The largest absolute Gasteiger partial charge is 0.373 e. The first-order valence-electron chi connectivity index (χ1n) is 6.22. The van der Waals surface area contributed by atoms with Crippen molar-refractivity contribution in [3.63, 3.8) is 0 Å². The maximum atomic E-state index is 6.01. The first kappa shape index (κ1) is 13.8. The number of ether oxygens (including phenoxy) is 1. The molecule has 0 radical (unpaired) electrons. The molecule has 0 bridgehead atoms. The predicted octanol–water partition coefficient (Wildman–Crippen LogP) is 5.13. The van der Waals surface area contributed by atoms with Crippen molar-refractivity contribution in [2.24, 2.45) is 5.92 Å². The highest BCUT2D eigenvalue weighted by Gasteiger charge is 2.18. The van der Waals surface area contributed by atoms with E-state index in [4.69, 9.17) is 4.74 Å². The van der Waals surface area contributed by atoms with Crippen LogP contribution in [0.4, 0.5) is 0 Å². The quantitative estimate of drug-likeness (QED) is 0.468. The Morgan fingerprint density at radius 1 is 1.41 bits per heavy atom. The molecule has 1 aliphatic rings. The van der Waals surface area contributed by atoms with Gasteiger partial charge in [-0.05, 0) is 30.0 Å². The molecule has 2 rings (SSSR count). The molecule has 17 heavy (non-hydrogen) atoms. The average Bonchev–Trinajstić information content (AvgIpc) is 2.27. The van der Waals surface area contributed by atoms with Crippen LogP contribution < -0.4 is 0 Å². The van der Waals surface area contributed by atoms with E-state index in [0.717, 1.165) is 21.4 Å². The number of benzene rings is 1. The minimum atomic E-state index is 0.244. The number of rotatable bonds is 6. The lowest BCUT2D eigenvalue weighted by atomic mass is 9.83. The standard InChI is InChI=1S/C14H18BrIO/c15-13-6-2-5-12(9-13)14(10-16)17-8-7-11-3-1-4-11/h2,5-6,9,11,14H,1,3-4,7-8,10H2. The zero-order valence-corrected chi connectivity index (χ0v) is 13.6. The molecule has 0 aromatic heterocycles. The average molecular weight is 409 g/mol. The summed E-state index contributed by atoms with van der Waals surface area (Å²) >= 11 is 5.92. The maximum absolute atomic E-state index is 6.01. The summed E-state index contributed by atoms with van der Waals surface area (Å²) in [5.41, 5.74) is 1.28. The first-order chi connectivity index (χ1) is 8.29. The molecule has 0 aliphatic heterocycles. The van der Waals surface area contributed by atoms with E-state index >= 15 is 0 Å². The normalized spacial score (nSPS) is 17.8. The van der Waals surface area contributed by atoms with Gasteiger partial charge < -0.3 is 4.74 Å². The summed E-state index contributed by atoms with van der Waals surface area (Å²) < 4.78 is 8.16. The molecular weight excluding hydrogens is 391 g/mol. The number of alkyl halides is 1. The van der Waals surface area contributed by atoms with Crippen LogP contribution in [0.25, 0.3) is 0 Å². The van der Waals surface area contributed by atoms with Gasteiger partial charge in [0.15, 0.2) is 0 Å². The van der Waals surface area contributed by atoms with E-state index in [9.17, 15) is 0 Å². The van der Waals surface area contributed by atoms with Crippen LogP contribution in [-0.4, -0.2) is 11.0 Å². The third-order valence-corrected chi connectivity index (χ3v) is 4.72. The van der Waals surface area contributed by atoms with Gasteiger partial charge in [-0.25, -0.2) is 0 Å². The fraction of sp³-hybridized carbons (Fsp3) is 0.571. The van der Waals surface area contributed by atoms with Gasteiger partial charge in [0.25, 0.3) is 0 Å². The fourth-order valence-electron chi connectivity index (χ4n) is 2.10. The Morgan fingerprint density at radius 3 is 2.82 bits per heavy atom. The molecule has 1 aromatic carbocycles. The molecule has 1 fully saturated rings. The molecule has 3 heteroatoms. The van der Waals surface area contributed by atoms with E-state index in [2.05, 4.69) is 62.8 Å². The predicted molar refractivity (Wildman–Crippen MR) is 83.7 cm³/mol. The maximum Gasteiger partial charge on any atom is 0.0914 e. The van der Waals surface area contributed by atoms with Crippen LogP contribution >= 0.6 is 38.5 Å². The van der Waals surface area contributed by atoms with Crippen molar-refractivity contribution in [2.45, 2.75) is 31.8 Å². The summed E-state index contributed by atoms with van der Waals surface area (Å²) in [6, 6.07) is 8.44. The molecule has 1 nitrogen and oxygen atoms in total. The highest BCUT2D eigenvalue weighted by Crippen LogP contribution is 2.30. The van der Waals surface area contributed by atoms with Crippen LogP contribution in [0.15, 0.2) is 28.7 Å². The Labute approximate surface area is 126 Å². The van der Waals surface area contributed by atoms with Crippen LogP contribution in [-0.2, 0) is 4.74 Å². The second-order valence-corrected chi connectivity index (χ2v) is 6.45. The molecule has 1 aromatic rings. The van der Waals surface area contributed by atoms with E-state index in [-0.39, 0.29) is 6.10 Å². The lowest BCUT2D eigenvalue weighted by Crippen LogP contribution is -2.15. The van der Waals surface area contributed by atoms with Crippen molar-refractivity contribution < 1.29 is 4.74 Å². The van der Waals surface area contributed by atoms with Crippen LogP contribution in [0.3, 0.4) is 0 Å². The molecule has 94 valence electrons. The van der Waals surface area contributed by atoms with Crippen molar-refractivity contribution in [3.8, 4) is 0 Å². The molecule has 1 unspecified atom stereocenters. The summed E-state index contributed by atoms with van der Waals surface area (Å²) in [5.74, 6) is 0.937. The highest BCUT2D eigenvalue weighted by molar-refractivity contribution is 14.1. The molecule has 1 aliphatic carbocycles. The number of hydrogen-bond donors (Lipinski definition) is 0. The van der Waals surface area contributed by atoms with Crippen LogP contribution in [0.1, 0.15) is 37.4 Å². The van der Waals surface area contributed by atoms with Crippen molar-refractivity contribution in [1.82, 2.24) is 0 Å². The van der Waals surface area contributed by atoms with Crippen LogP contribution in [0.2, 0.25) is 0 Å². The third kappa shape index (κ3) is 4.21. The zero-order valence-electron chi connectivity index (χ0n) is 9.87. The summed E-state index contributed by atoms with van der Waals surface area (Å²) in [6.45, 7) is 0.908. The van der Waals surface area contributed by atoms with Gasteiger partial charge in [-0.1, -0.05) is 69.9 Å². The molecule has 0 saturated heterocycles. The summed E-state index contributed by atoms with van der Waals surface area (Å²) in [4.78, 5) is 0. The number of halogens is 2. The summed E-state index contributed by atoms with van der Waals surface area (Å²) in [7, 11) is 0. The van der Waals surface area contributed by atoms with E-state index < -0.39 is 0 Å². The molecule has 1 atom stereocenters. The molecule has 0 spiro atoms. The van der Waals surface area contributed by atoms with Crippen molar-refractivity contribution in [2.75, 3.05) is 11.0 Å². The first-order valence-corrected chi connectivity index (χ1v) is 8.54. The Hall–Kier alpha value is 0.390. The third-order valence-electron chi connectivity index (χ3n) is 3.43. The number of hydrogen-bond acceptors (Lipinski definition) is 1. The lowest BCUT2D eigenvalue weighted by molar-refractivity contribution is 0.0530. The summed E-state index contributed by atoms with van der Waals surface area (Å²) in [6.07, 6.45) is 5.73. The topological polar surface area (TPSA) is 9.23 Å². The van der Waals surface area contributed by atoms with E-state index in [0.29, 0.717) is 0 Å². The fourth-order valence-corrected chi connectivity index (χ4v) is 3.27. The summed E-state index contributed by atoms with van der Waals surface area (Å²) in [5, 5.41) is 0. The molecule has 1 saturated carbocycles. The second kappa shape index (κ2) is 7.10. The van der Waals surface area contributed by atoms with Gasteiger partial charge in [0.2, 0.25) is 0 Å². The molecule has 0 N–H and O–H groups in total. The van der Waals surface area contributed by atoms with Crippen molar-refractivity contribution >= 4 is 38.5 Å². The van der Waals surface area contributed by atoms with Gasteiger partial charge in [0, 0.05) is 15.5 Å². The van der Waals surface area contributed by atoms with Gasteiger partial charge in [-0.15, -0.1) is 0 Å². The molecule has 0 heterocycles. The minimum Gasteiger partial charge on any atom is -0.373 e. The molecular formula is C14H18BrIO. The van der Waals surface area contributed by atoms with Gasteiger partial charge in [-0.3, -0.25) is 0 Å². The minimum absolute atomic E-state index is 0.244. The Kier molecular flexibility index (Phi) is 5.77. The van der Waals surface area contributed by atoms with Crippen LogP contribution in [0.5, 0.6) is 0 Å². The lowest BCUT2D eigenvalue weighted by Gasteiger charge is -2.26. The Morgan fingerprint density at radius 2 is 2.24 bits per heavy atom. The Balaban J connectivity index is 1.82. The van der Waals surface area contributed by atoms with Crippen molar-refractivity contribution in [1.29, 1.82) is 0 Å². The SMILES string of the molecule is Brc1cccc(C(CI)OCCC2CCC2)c1. The van der Waals surface area contributed by atoms with E-state index in [1.807, 2.05) is 0 Å². The second-order valence-electron chi connectivity index (χ2n) is 4.65. The monoisotopic (exact) mass is 408 g/mol. The zero-order chi connectivity index (χ0) is 12.1. The van der Waals surface area contributed by atoms with Gasteiger partial charge in [0.1, 0.15) is 0 Å².